The summed E-state index contributed by atoms with van der Waals surface area (Å²) in [5.74, 6) is -0.0769. The van der Waals surface area contributed by atoms with Gasteiger partial charge >= 0.3 is 6.03 Å². The molecule has 3 aromatic rings. The molecule has 1 atom stereocenters. The Morgan fingerprint density at radius 2 is 1.81 bits per heavy atom. The lowest BCUT2D eigenvalue weighted by Crippen LogP contribution is -2.47. The van der Waals surface area contributed by atoms with Crippen molar-refractivity contribution in [3.63, 3.8) is 0 Å². The first kappa shape index (κ1) is 24.0. The van der Waals surface area contributed by atoms with E-state index in [2.05, 4.69) is 21.2 Å². The van der Waals surface area contributed by atoms with Gasteiger partial charge in [-0.25, -0.2) is 4.79 Å². The SMILES string of the molecule is CCC(C)N(CC(=O)N(Cc1ccccc1)Cc1cccs1)C(=O)Nc1cccc(Br)c1. The molecule has 0 spiro atoms. The smallest absolute Gasteiger partial charge is 0.322 e. The van der Waals surface area contributed by atoms with Crippen molar-refractivity contribution in [2.75, 3.05) is 11.9 Å². The third-order valence-corrected chi connectivity index (χ3v) is 6.62. The molecular weight excluding hydrogens is 486 g/mol. The zero-order chi connectivity index (χ0) is 22.9. The molecule has 168 valence electrons. The Bertz CT molecular complexity index is 1010. The number of nitrogens with zero attached hydrogens (tertiary/aromatic N) is 2. The lowest BCUT2D eigenvalue weighted by atomic mass is 10.2. The van der Waals surface area contributed by atoms with Gasteiger partial charge in [-0.05, 0) is 48.6 Å². The Morgan fingerprint density at radius 1 is 1.03 bits per heavy atom. The van der Waals surface area contributed by atoms with Crippen molar-refractivity contribution >= 4 is 44.9 Å². The summed E-state index contributed by atoms with van der Waals surface area (Å²) in [6.45, 7) is 5.02. The van der Waals surface area contributed by atoms with Gasteiger partial charge in [0, 0.05) is 27.6 Å². The molecule has 5 nitrogen and oxygen atoms in total. The van der Waals surface area contributed by atoms with Crippen LogP contribution in [0.2, 0.25) is 0 Å². The number of anilines is 1. The fourth-order valence-electron chi connectivity index (χ4n) is 3.28. The second kappa shape index (κ2) is 11.8. The van der Waals surface area contributed by atoms with Gasteiger partial charge in [0.25, 0.3) is 0 Å². The molecule has 0 saturated carbocycles. The summed E-state index contributed by atoms with van der Waals surface area (Å²) in [5.41, 5.74) is 1.75. The van der Waals surface area contributed by atoms with Crippen LogP contribution in [0.4, 0.5) is 10.5 Å². The molecule has 0 radical (unpaired) electrons. The first-order chi connectivity index (χ1) is 15.5. The maximum atomic E-state index is 13.4. The number of carbonyl (C=O) groups excluding carboxylic acids is 2. The number of nitrogens with one attached hydrogen (secondary N) is 1. The molecule has 0 fully saturated rings. The Morgan fingerprint density at radius 3 is 2.47 bits per heavy atom. The highest BCUT2D eigenvalue weighted by atomic mass is 79.9. The summed E-state index contributed by atoms with van der Waals surface area (Å²) >= 11 is 5.05. The fourth-order valence-corrected chi connectivity index (χ4v) is 4.40. The van der Waals surface area contributed by atoms with Gasteiger partial charge in [-0.1, -0.05) is 65.3 Å². The van der Waals surface area contributed by atoms with Gasteiger partial charge in [-0.15, -0.1) is 11.3 Å². The molecular formula is C25H28BrN3O2S. The van der Waals surface area contributed by atoms with Gasteiger partial charge in [0.05, 0.1) is 6.54 Å². The second-order valence-electron chi connectivity index (χ2n) is 7.64. The molecule has 2 aromatic carbocycles. The number of amides is 3. The average Bonchev–Trinajstić information content (AvgIpc) is 3.30. The topological polar surface area (TPSA) is 52.7 Å². The number of thiophene rings is 1. The summed E-state index contributed by atoms with van der Waals surface area (Å²) < 4.78 is 0.881. The third-order valence-electron chi connectivity index (χ3n) is 5.26. The second-order valence-corrected chi connectivity index (χ2v) is 9.59. The number of benzene rings is 2. The van der Waals surface area contributed by atoms with E-state index in [1.165, 1.54) is 0 Å². The van der Waals surface area contributed by atoms with Crippen molar-refractivity contribution in [3.05, 3.63) is 87.0 Å². The first-order valence-electron chi connectivity index (χ1n) is 10.6. The van der Waals surface area contributed by atoms with E-state index in [0.717, 1.165) is 21.3 Å². The van der Waals surface area contributed by atoms with Crippen LogP contribution >= 0.6 is 27.3 Å². The van der Waals surface area contributed by atoms with Crippen LogP contribution in [0.25, 0.3) is 0 Å². The van der Waals surface area contributed by atoms with Crippen LogP contribution in [-0.2, 0) is 17.9 Å². The van der Waals surface area contributed by atoms with Crippen LogP contribution in [0.3, 0.4) is 0 Å². The van der Waals surface area contributed by atoms with E-state index in [1.54, 1.807) is 16.2 Å². The monoisotopic (exact) mass is 513 g/mol. The number of urea groups is 1. The maximum Gasteiger partial charge on any atom is 0.322 e. The fraction of sp³-hybridized carbons (Fsp3) is 0.280. The highest BCUT2D eigenvalue weighted by Crippen LogP contribution is 2.18. The zero-order valence-corrected chi connectivity index (χ0v) is 20.7. The standard InChI is InChI=1S/C25H28BrN3O2S/c1-3-19(2)29(25(31)27-22-12-7-11-21(26)15-22)18-24(30)28(17-23-13-8-14-32-23)16-20-9-5-4-6-10-20/h4-15,19H,3,16-18H2,1-2H3,(H,27,31). The number of hydrogen-bond donors (Lipinski definition) is 1. The number of rotatable bonds is 9. The quantitative estimate of drug-likeness (QED) is 0.361. The molecule has 1 unspecified atom stereocenters. The van der Waals surface area contributed by atoms with Gasteiger partial charge in [-0.3, -0.25) is 4.79 Å². The molecule has 1 N–H and O–H groups in total. The summed E-state index contributed by atoms with van der Waals surface area (Å²) in [6.07, 6.45) is 0.753. The third kappa shape index (κ3) is 6.93. The Hall–Kier alpha value is -2.64. The molecule has 0 aliphatic rings. The van der Waals surface area contributed by atoms with E-state index < -0.39 is 0 Å². The lowest BCUT2D eigenvalue weighted by Gasteiger charge is -2.31. The minimum absolute atomic E-state index is 0.0209. The highest BCUT2D eigenvalue weighted by Gasteiger charge is 2.25. The van der Waals surface area contributed by atoms with E-state index in [9.17, 15) is 9.59 Å². The van der Waals surface area contributed by atoms with Crippen molar-refractivity contribution in [2.24, 2.45) is 0 Å². The molecule has 32 heavy (non-hydrogen) atoms. The molecule has 0 bridgehead atoms. The minimum atomic E-state index is -0.276. The summed E-state index contributed by atoms with van der Waals surface area (Å²) in [7, 11) is 0. The van der Waals surface area contributed by atoms with Gasteiger partial charge in [0.2, 0.25) is 5.91 Å². The van der Waals surface area contributed by atoms with Crippen molar-refractivity contribution in [1.29, 1.82) is 0 Å². The normalized spacial score (nSPS) is 11.6. The predicted molar refractivity (Wildman–Crippen MR) is 135 cm³/mol. The van der Waals surface area contributed by atoms with Crippen molar-refractivity contribution in [2.45, 2.75) is 39.4 Å². The van der Waals surface area contributed by atoms with Crippen molar-refractivity contribution in [3.8, 4) is 0 Å². The number of halogens is 1. The van der Waals surface area contributed by atoms with E-state index >= 15 is 0 Å². The molecule has 1 heterocycles. The van der Waals surface area contributed by atoms with Crippen LogP contribution in [0.1, 0.15) is 30.7 Å². The van der Waals surface area contributed by atoms with Crippen LogP contribution in [-0.4, -0.2) is 34.3 Å². The largest absolute Gasteiger partial charge is 0.332 e. The zero-order valence-electron chi connectivity index (χ0n) is 18.3. The van der Waals surface area contributed by atoms with Crippen molar-refractivity contribution in [1.82, 2.24) is 9.80 Å². The molecule has 7 heteroatoms. The highest BCUT2D eigenvalue weighted by molar-refractivity contribution is 9.10. The van der Waals surface area contributed by atoms with Crippen molar-refractivity contribution < 1.29 is 9.59 Å². The van der Waals surface area contributed by atoms with Gasteiger partial charge in [0.15, 0.2) is 0 Å². The Balaban J connectivity index is 1.76. The lowest BCUT2D eigenvalue weighted by molar-refractivity contribution is -0.133. The van der Waals surface area contributed by atoms with Crippen LogP contribution in [0.5, 0.6) is 0 Å². The predicted octanol–water partition coefficient (Wildman–Crippen LogP) is 6.37. The van der Waals surface area contributed by atoms with Crippen LogP contribution in [0.15, 0.2) is 76.6 Å². The van der Waals surface area contributed by atoms with E-state index in [0.29, 0.717) is 18.8 Å². The van der Waals surface area contributed by atoms with E-state index in [1.807, 2.05) is 90.9 Å². The van der Waals surface area contributed by atoms with Gasteiger partial charge in [0.1, 0.15) is 6.54 Å². The van der Waals surface area contributed by atoms with E-state index in [4.69, 9.17) is 0 Å². The summed E-state index contributed by atoms with van der Waals surface area (Å²) in [6, 6.07) is 21.0. The average molecular weight is 514 g/mol. The molecule has 3 rings (SSSR count). The number of carbonyl (C=O) groups is 2. The summed E-state index contributed by atoms with van der Waals surface area (Å²) in [4.78, 5) is 31.1. The summed E-state index contributed by atoms with van der Waals surface area (Å²) in [5, 5.41) is 4.94. The molecule has 0 aliphatic heterocycles. The number of hydrogen-bond acceptors (Lipinski definition) is 3. The minimum Gasteiger partial charge on any atom is -0.332 e. The molecule has 3 amide bonds. The molecule has 0 aliphatic carbocycles. The van der Waals surface area contributed by atoms with Crippen LogP contribution < -0.4 is 5.32 Å². The van der Waals surface area contributed by atoms with Gasteiger partial charge < -0.3 is 15.1 Å². The maximum absolute atomic E-state index is 13.4. The Kier molecular flexibility index (Phi) is 8.88. The van der Waals surface area contributed by atoms with Gasteiger partial charge in [-0.2, -0.15) is 0 Å². The first-order valence-corrected chi connectivity index (χ1v) is 12.3. The van der Waals surface area contributed by atoms with E-state index in [-0.39, 0.29) is 24.5 Å². The molecule has 0 saturated heterocycles. The Labute approximate surface area is 202 Å². The molecule has 1 aromatic heterocycles. The van der Waals surface area contributed by atoms with Crippen LogP contribution in [0, 0.1) is 0 Å².